The van der Waals surface area contributed by atoms with E-state index in [-0.39, 0.29) is 5.82 Å². The fraction of sp³-hybridized carbons (Fsp3) is 0.625. The van der Waals surface area contributed by atoms with Crippen molar-refractivity contribution in [2.24, 2.45) is 11.7 Å². The summed E-state index contributed by atoms with van der Waals surface area (Å²) in [5, 5.41) is 0. The van der Waals surface area contributed by atoms with Gasteiger partial charge in [-0.15, -0.1) is 0 Å². The second-order valence-electron chi connectivity index (χ2n) is 5.50. The molecule has 1 heterocycles. The van der Waals surface area contributed by atoms with E-state index in [1.54, 1.807) is 0 Å². The molecule has 2 rings (SSSR count). The van der Waals surface area contributed by atoms with Crippen LogP contribution in [0, 0.1) is 11.7 Å². The summed E-state index contributed by atoms with van der Waals surface area (Å²) in [6.45, 7) is 1.63. The minimum Gasteiger partial charge on any atom is -0.378 e. The molecular formula is C16H24FNO. The van der Waals surface area contributed by atoms with Crippen LogP contribution in [0.2, 0.25) is 0 Å². The fourth-order valence-corrected chi connectivity index (χ4v) is 2.76. The maximum Gasteiger partial charge on any atom is 0.123 e. The van der Waals surface area contributed by atoms with E-state index in [1.165, 1.54) is 37.0 Å². The highest BCUT2D eigenvalue weighted by Gasteiger charge is 2.16. The zero-order valence-corrected chi connectivity index (χ0v) is 11.5. The highest BCUT2D eigenvalue weighted by molar-refractivity contribution is 5.16. The lowest BCUT2D eigenvalue weighted by molar-refractivity contribution is 0.101. The van der Waals surface area contributed by atoms with Gasteiger partial charge in [0.15, 0.2) is 0 Å². The van der Waals surface area contributed by atoms with Gasteiger partial charge >= 0.3 is 0 Å². The van der Waals surface area contributed by atoms with E-state index in [0.29, 0.717) is 18.6 Å². The zero-order chi connectivity index (χ0) is 13.5. The van der Waals surface area contributed by atoms with Gasteiger partial charge in [0.1, 0.15) is 5.82 Å². The quantitative estimate of drug-likeness (QED) is 0.821. The van der Waals surface area contributed by atoms with Gasteiger partial charge in [-0.1, -0.05) is 18.6 Å². The lowest BCUT2D eigenvalue weighted by Crippen LogP contribution is -2.17. The first kappa shape index (κ1) is 14.5. The summed E-state index contributed by atoms with van der Waals surface area (Å²) in [6.07, 6.45) is 7.31. The SMILES string of the molecule is NCC(CCCC1CCCO1)Cc1ccc(F)cc1. The van der Waals surface area contributed by atoms with Crippen LogP contribution in [0.3, 0.4) is 0 Å². The number of benzene rings is 1. The van der Waals surface area contributed by atoms with Crippen molar-refractivity contribution in [1.29, 1.82) is 0 Å². The van der Waals surface area contributed by atoms with E-state index in [1.807, 2.05) is 12.1 Å². The minimum absolute atomic E-state index is 0.175. The standard InChI is InChI=1S/C16H24FNO/c17-15-8-6-13(7-9-15)11-14(12-18)3-1-4-16-5-2-10-19-16/h6-9,14,16H,1-5,10-12,18H2. The Morgan fingerprint density at radius 2 is 2.11 bits per heavy atom. The predicted molar refractivity (Wildman–Crippen MR) is 75.5 cm³/mol. The largest absolute Gasteiger partial charge is 0.378 e. The first-order valence-corrected chi connectivity index (χ1v) is 7.34. The van der Waals surface area contributed by atoms with Crippen LogP contribution >= 0.6 is 0 Å². The second-order valence-corrected chi connectivity index (χ2v) is 5.50. The number of ether oxygens (including phenoxy) is 1. The third-order valence-electron chi connectivity index (χ3n) is 3.93. The van der Waals surface area contributed by atoms with Crippen LogP contribution in [-0.4, -0.2) is 19.3 Å². The van der Waals surface area contributed by atoms with E-state index >= 15 is 0 Å². The normalized spacial score (nSPS) is 20.6. The Morgan fingerprint density at radius 3 is 2.74 bits per heavy atom. The summed E-state index contributed by atoms with van der Waals surface area (Å²) in [5.41, 5.74) is 7.01. The maximum atomic E-state index is 12.8. The van der Waals surface area contributed by atoms with Gasteiger partial charge in [-0.05, 0) is 62.3 Å². The Kier molecular flexibility index (Phi) is 5.80. The van der Waals surface area contributed by atoms with Crippen molar-refractivity contribution in [3.63, 3.8) is 0 Å². The molecule has 2 unspecified atom stereocenters. The van der Waals surface area contributed by atoms with Gasteiger partial charge in [0, 0.05) is 6.61 Å². The molecule has 1 fully saturated rings. The van der Waals surface area contributed by atoms with Crippen molar-refractivity contribution in [2.45, 2.75) is 44.6 Å². The molecule has 1 saturated heterocycles. The van der Waals surface area contributed by atoms with Crippen molar-refractivity contribution in [3.8, 4) is 0 Å². The molecule has 2 N–H and O–H groups in total. The minimum atomic E-state index is -0.175. The number of hydrogen-bond donors (Lipinski definition) is 1. The van der Waals surface area contributed by atoms with Crippen LogP contribution in [0.15, 0.2) is 24.3 Å². The van der Waals surface area contributed by atoms with Crippen LogP contribution < -0.4 is 5.73 Å². The predicted octanol–water partition coefficient (Wildman–Crippen LogP) is 3.29. The first-order valence-electron chi connectivity index (χ1n) is 7.34. The smallest absolute Gasteiger partial charge is 0.123 e. The first-order chi connectivity index (χ1) is 9.28. The number of rotatable bonds is 7. The van der Waals surface area contributed by atoms with E-state index in [2.05, 4.69) is 0 Å². The van der Waals surface area contributed by atoms with Crippen LogP contribution in [0.4, 0.5) is 4.39 Å². The van der Waals surface area contributed by atoms with Crippen molar-refractivity contribution >= 4 is 0 Å². The molecule has 3 heteroatoms. The number of nitrogens with two attached hydrogens (primary N) is 1. The van der Waals surface area contributed by atoms with Gasteiger partial charge in [-0.25, -0.2) is 4.39 Å². The lowest BCUT2D eigenvalue weighted by atomic mass is 9.93. The van der Waals surface area contributed by atoms with Gasteiger partial charge < -0.3 is 10.5 Å². The van der Waals surface area contributed by atoms with Crippen molar-refractivity contribution in [1.82, 2.24) is 0 Å². The molecule has 1 aliphatic heterocycles. The summed E-state index contributed by atoms with van der Waals surface area (Å²) >= 11 is 0. The van der Waals surface area contributed by atoms with Gasteiger partial charge in [-0.3, -0.25) is 0 Å². The van der Waals surface area contributed by atoms with E-state index in [0.717, 1.165) is 25.9 Å². The number of hydrogen-bond acceptors (Lipinski definition) is 2. The van der Waals surface area contributed by atoms with Crippen molar-refractivity contribution in [3.05, 3.63) is 35.6 Å². The molecule has 106 valence electrons. The van der Waals surface area contributed by atoms with Crippen LogP contribution in [0.5, 0.6) is 0 Å². The van der Waals surface area contributed by atoms with Gasteiger partial charge in [0.25, 0.3) is 0 Å². The Labute approximate surface area is 115 Å². The topological polar surface area (TPSA) is 35.2 Å². The summed E-state index contributed by atoms with van der Waals surface area (Å²) < 4.78 is 18.5. The van der Waals surface area contributed by atoms with Crippen LogP contribution in [0.1, 0.15) is 37.7 Å². The average molecular weight is 265 g/mol. The van der Waals surface area contributed by atoms with E-state index in [4.69, 9.17) is 10.5 Å². The molecule has 1 aliphatic rings. The zero-order valence-electron chi connectivity index (χ0n) is 11.5. The van der Waals surface area contributed by atoms with E-state index in [9.17, 15) is 4.39 Å². The third kappa shape index (κ3) is 4.92. The third-order valence-corrected chi connectivity index (χ3v) is 3.93. The number of halogens is 1. The van der Waals surface area contributed by atoms with Crippen LogP contribution in [0.25, 0.3) is 0 Å². The highest BCUT2D eigenvalue weighted by atomic mass is 19.1. The Bertz CT molecular complexity index is 360. The molecule has 0 aliphatic carbocycles. The summed E-state index contributed by atoms with van der Waals surface area (Å²) in [6, 6.07) is 6.76. The van der Waals surface area contributed by atoms with Gasteiger partial charge in [0.05, 0.1) is 6.10 Å². The van der Waals surface area contributed by atoms with Gasteiger partial charge in [0.2, 0.25) is 0 Å². The molecule has 2 atom stereocenters. The summed E-state index contributed by atoms with van der Waals surface area (Å²) in [7, 11) is 0. The average Bonchev–Trinajstić information content (AvgIpc) is 2.93. The van der Waals surface area contributed by atoms with Gasteiger partial charge in [-0.2, -0.15) is 0 Å². The monoisotopic (exact) mass is 265 g/mol. The molecule has 19 heavy (non-hydrogen) atoms. The van der Waals surface area contributed by atoms with Crippen molar-refractivity contribution < 1.29 is 9.13 Å². The molecule has 0 spiro atoms. The fourth-order valence-electron chi connectivity index (χ4n) is 2.76. The maximum absolute atomic E-state index is 12.8. The summed E-state index contributed by atoms with van der Waals surface area (Å²) in [5.74, 6) is 0.318. The molecule has 0 saturated carbocycles. The van der Waals surface area contributed by atoms with Crippen LogP contribution in [-0.2, 0) is 11.2 Å². The summed E-state index contributed by atoms with van der Waals surface area (Å²) in [4.78, 5) is 0. The molecule has 0 bridgehead atoms. The molecule has 2 nitrogen and oxygen atoms in total. The molecular weight excluding hydrogens is 241 g/mol. The Hall–Kier alpha value is -0.930. The lowest BCUT2D eigenvalue weighted by Gasteiger charge is -2.16. The molecule has 0 amide bonds. The Balaban J connectivity index is 1.71. The van der Waals surface area contributed by atoms with Crippen molar-refractivity contribution in [2.75, 3.05) is 13.2 Å². The molecule has 1 aromatic rings. The highest BCUT2D eigenvalue weighted by Crippen LogP contribution is 2.21. The second kappa shape index (κ2) is 7.61. The molecule has 0 radical (unpaired) electrons. The molecule has 1 aromatic carbocycles. The Morgan fingerprint density at radius 1 is 1.32 bits per heavy atom. The molecule has 0 aromatic heterocycles. The van der Waals surface area contributed by atoms with E-state index < -0.39 is 0 Å².